The van der Waals surface area contributed by atoms with E-state index in [-0.39, 0.29) is 0 Å². The Morgan fingerprint density at radius 3 is 2.62 bits per heavy atom. The van der Waals surface area contributed by atoms with Crippen molar-refractivity contribution in [3.05, 3.63) is 0 Å². The van der Waals surface area contributed by atoms with Crippen molar-refractivity contribution < 1.29 is 0 Å². The van der Waals surface area contributed by atoms with Gasteiger partial charge in [0.15, 0.2) is 0 Å². The van der Waals surface area contributed by atoms with Crippen LogP contribution in [0.5, 0.6) is 0 Å². The summed E-state index contributed by atoms with van der Waals surface area (Å²) in [5.74, 6) is 4.32. The molecule has 0 aromatic heterocycles. The molecule has 0 aromatic rings. The number of hydrogen-bond donors (Lipinski definition) is 1. The van der Waals surface area contributed by atoms with Crippen molar-refractivity contribution in [3.63, 3.8) is 0 Å². The fourth-order valence-electron chi connectivity index (χ4n) is 3.25. The molecule has 3 atom stereocenters. The van der Waals surface area contributed by atoms with Gasteiger partial charge in [0.05, 0.1) is 0 Å². The Morgan fingerprint density at radius 1 is 1.19 bits per heavy atom. The molecule has 0 radical (unpaired) electrons. The molecule has 96 valence electrons. The smallest absolute Gasteiger partial charge is 0.00209 e. The Bertz CT molecular complexity index is 172. The lowest BCUT2D eigenvalue weighted by Gasteiger charge is -2.36. The normalized spacial score (nSPS) is 30.6. The van der Waals surface area contributed by atoms with Crippen LogP contribution in [0.1, 0.15) is 45.4 Å². The number of hydrogen-bond acceptors (Lipinski definition) is 2. The third kappa shape index (κ3) is 4.67. The zero-order valence-electron chi connectivity index (χ0n) is 11.3. The minimum absolute atomic E-state index is 0.949. The van der Waals surface area contributed by atoms with E-state index in [0.717, 1.165) is 17.8 Å². The summed E-state index contributed by atoms with van der Waals surface area (Å²) in [7, 11) is 2.10. The first-order valence-corrected chi connectivity index (χ1v) is 8.34. The van der Waals surface area contributed by atoms with Crippen molar-refractivity contribution in [1.29, 1.82) is 0 Å². The molecule has 3 unspecified atom stereocenters. The van der Waals surface area contributed by atoms with E-state index in [1.807, 2.05) is 11.8 Å². The van der Waals surface area contributed by atoms with Crippen molar-refractivity contribution in [3.8, 4) is 0 Å². The van der Waals surface area contributed by atoms with Crippen molar-refractivity contribution in [1.82, 2.24) is 5.32 Å². The van der Waals surface area contributed by atoms with Crippen LogP contribution in [-0.2, 0) is 0 Å². The van der Waals surface area contributed by atoms with Gasteiger partial charge < -0.3 is 5.32 Å². The van der Waals surface area contributed by atoms with E-state index in [4.69, 9.17) is 0 Å². The van der Waals surface area contributed by atoms with Gasteiger partial charge in [-0.1, -0.05) is 26.2 Å². The first-order chi connectivity index (χ1) is 7.81. The molecule has 1 N–H and O–H groups in total. The second-order valence-corrected chi connectivity index (χ2v) is 6.31. The van der Waals surface area contributed by atoms with Crippen LogP contribution in [0.4, 0.5) is 0 Å². The van der Waals surface area contributed by atoms with Crippen molar-refractivity contribution in [2.24, 2.45) is 17.8 Å². The largest absolute Gasteiger partial charge is 0.319 e. The Balaban J connectivity index is 2.40. The van der Waals surface area contributed by atoms with Gasteiger partial charge in [0, 0.05) is 0 Å². The van der Waals surface area contributed by atoms with Gasteiger partial charge in [0.25, 0.3) is 0 Å². The molecule has 0 saturated heterocycles. The van der Waals surface area contributed by atoms with Crippen LogP contribution < -0.4 is 5.32 Å². The first kappa shape index (κ1) is 14.4. The highest BCUT2D eigenvalue weighted by Crippen LogP contribution is 2.38. The predicted octanol–water partition coefficient (Wildman–Crippen LogP) is 3.79. The van der Waals surface area contributed by atoms with Gasteiger partial charge in [-0.3, -0.25) is 0 Å². The monoisotopic (exact) mass is 243 g/mol. The molecule has 0 aliphatic heterocycles. The molecular weight excluding hydrogens is 214 g/mol. The first-order valence-electron chi connectivity index (χ1n) is 6.95. The molecule has 1 fully saturated rings. The summed E-state index contributed by atoms with van der Waals surface area (Å²) in [6.45, 7) is 3.56. The second-order valence-electron chi connectivity index (χ2n) is 5.33. The summed E-state index contributed by atoms with van der Waals surface area (Å²) in [4.78, 5) is 0. The van der Waals surface area contributed by atoms with Gasteiger partial charge in [0.2, 0.25) is 0 Å². The summed E-state index contributed by atoms with van der Waals surface area (Å²) in [5.41, 5.74) is 0. The maximum Gasteiger partial charge on any atom is -0.00209 e. The highest BCUT2D eigenvalue weighted by molar-refractivity contribution is 7.98. The lowest BCUT2D eigenvalue weighted by atomic mass is 9.71. The van der Waals surface area contributed by atoms with Crippen LogP contribution in [0.2, 0.25) is 0 Å². The van der Waals surface area contributed by atoms with E-state index in [9.17, 15) is 0 Å². The summed E-state index contributed by atoms with van der Waals surface area (Å²) in [5, 5.41) is 3.38. The summed E-state index contributed by atoms with van der Waals surface area (Å²) >= 11 is 2.01. The number of thioether (sulfide) groups is 1. The Labute approximate surface area is 106 Å². The zero-order chi connectivity index (χ0) is 11.8. The highest BCUT2D eigenvalue weighted by Gasteiger charge is 2.28. The molecule has 1 aliphatic rings. The molecule has 0 bridgehead atoms. The molecule has 0 spiro atoms. The average molecular weight is 243 g/mol. The topological polar surface area (TPSA) is 12.0 Å². The van der Waals surface area contributed by atoms with E-state index in [2.05, 4.69) is 25.5 Å². The lowest BCUT2D eigenvalue weighted by molar-refractivity contribution is 0.167. The van der Waals surface area contributed by atoms with E-state index in [1.54, 1.807) is 0 Å². The van der Waals surface area contributed by atoms with E-state index in [0.29, 0.717) is 0 Å². The van der Waals surface area contributed by atoms with Gasteiger partial charge in [0.1, 0.15) is 0 Å². The van der Waals surface area contributed by atoms with Gasteiger partial charge in [-0.2, -0.15) is 11.8 Å². The summed E-state index contributed by atoms with van der Waals surface area (Å²) < 4.78 is 0. The molecule has 1 saturated carbocycles. The zero-order valence-corrected chi connectivity index (χ0v) is 12.1. The minimum atomic E-state index is 0.949. The van der Waals surface area contributed by atoms with Crippen molar-refractivity contribution in [2.45, 2.75) is 45.4 Å². The molecule has 2 heteroatoms. The van der Waals surface area contributed by atoms with Crippen molar-refractivity contribution in [2.75, 3.05) is 25.6 Å². The third-order valence-electron chi connectivity index (χ3n) is 4.10. The van der Waals surface area contributed by atoms with Gasteiger partial charge in [-0.25, -0.2) is 0 Å². The van der Waals surface area contributed by atoms with Crippen LogP contribution in [0.15, 0.2) is 0 Å². The number of rotatable bonds is 7. The van der Waals surface area contributed by atoms with Crippen LogP contribution in [-0.4, -0.2) is 25.6 Å². The maximum atomic E-state index is 3.38. The Hall–Kier alpha value is 0.310. The SMILES string of the molecule is CCCC1CCC(CNC)C(CCSC)C1. The van der Waals surface area contributed by atoms with Gasteiger partial charge in [-0.05, 0) is 62.6 Å². The molecule has 1 nitrogen and oxygen atoms in total. The predicted molar refractivity (Wildman–Crippen MR) is 76.2 cm³/mol. The maximum absolute atomic E-state index is 3.38. The average Bonchev–Trinajstić information content (AvgIpc) is 2.30. The van der Waals surface area contributed by atoms with Crippen LogP contribution >= 0.6 is 11.8 Å². The molecule has 0 heterocycles. The number of nitrogens with one attached hydrogen (secondary N) is 1. The molecular formula is C14H29NS. The molecule has 0 amide bonds. The second kappa shape index (κ2) is 8.41. The van der Waals surface area contributed by atoms with Crippen LogP contribution in [0, 0.1) is 17.8 Å². The summed E-state index contributed by atoms with van der Waals surface area (Å²) in [6.07, 6.45) is 11.0. The Morgan fingerprint density at radius 2 is 2.00 bits per heavy atom. The van der Waals surface area contributed by atoms with Crippen molar-refractivity contribution >= 4 is 11.8 Å². The fraction of sp³-hybridized carbons (Fsp3) is 1.00. The Kier molecular flexibility index (Phi) is 7.55. The van der Waals surface area contributed by atoms with E-state index < -0.39 is 0 Å². The van der Waals surface area contributed by atoms with Gasteiger partial charge in [-0.15, -0.1) is 0 Å². The van der Waals surface area contributed by atoms with E-state index in [1.165, 1.54) is 50.8 Å². The third-order valence-corrected chi connectivity index (χ3v) is 4.75. The lowest BCUT2D eigenvalue weighted by Crippen LogP contribution is -2.32. The summed E-state index contributed by atoms with van der Waals surface area (Å²) in [6, 6.07) is 0. The minimum Gasteiger partial charge on any atom is -0.319 e. The van der Waals surface area contributed by atoms with E-state index >= 15 is 0 Å². The molecule has 16 heavy (non-hydrogen) atoms. The van der Waals surface area contributed by atoms with Crippen LogP contribution in [0.3, 0.4) is 0 Å². The van der Waals surface area contributed by atoms with Crippen LogP contribution in [0.25, 0.3) is 0 Å². The highest BCUT2D eigenvalue weighted by atomic mass is 32.2. The molecule has 1 aliphatic carbocycles. The quantitative estimate of drug-likeness (QED) is 0.730. The fourth-order valence-corrected chi connectivity index (χ4v) is 3.79. The standard InChI is InChI=1S/C14H29NS/c1-4-5-12-6-7-14(11-15-2)13(10-12)8-9-16-3/h12-15H,4-11H2,1-3H3. The van der Waals surface area contributed by atoms with Gasteiger partial charge >= 0.3 is 0 Å². The molecule has 0 aromatic carbocycles. The molecule has 1 rings (SSSR count).